The number of alkyl carbamates (subject to hydrolysis) is 1. The second-order valence-corrected chi connectivity index (χ2v) is 10.1. The van der Waals surface area contributed by atoms with Crippen molar-refractivity contribution >= 4 is 33.6 Å². The van der Waals surface area contributed by atoms with Crippen molar-refractivity contribution < 1.29 is 17.9 Å². The van der Waals surface area contributed by atoms with Crippen molar-refractivity contribution in [2.45, 2.75) is 70.2 Å². The van der Waals surface area contributed by atoms with Crippen LogP contribution in [-0.4, -0.2) is 62.0 Å². The summed E-state index contributed by atoms with van der Waals surface area (Å²) in [6.07, 6.45) is 3.88. The number of ether oxygens (including phenoxy) is 1. The molecule has 1 aromatic heterocycles. The van der Waals surface area contributed by atoms with Crippen molar-refractivity contribution in [2.75, 3.05) is 18.0 Å². The minimum atomic E-state index is -3.52. The summed E-state index contributed by atoms with van der Waals surface area (Å²) in [6, 6.07) is -0.386. The van der Waals surface area contributed by atoms with Gasteiger partial charge in [0.1, 0.15) is 11.1 Å². The number of nitrogens with one attached hydrogen (secondary N) is 4. The first-order valence-corrected chi connectivity index (χ1v) is 12.2. The number of rotatable bonds is 7. The van der Waals surface area contributed by atoms with Crippen LogP contribution in [-0.2, 0) is 14.9 Å². The van der Waals surface area contributed by atoms with Gasteiger partial charge >= 0.3 is 6.09 Å². The first-order valence-electron chi connectivity index (χ1n) is 10.4. The van der Waals surface area contributed by atoms with Gasteiger partial charge in [-0.3, -0.25) is 4.79 Å². The number of hydrogen-bond acceptors (Lipinski definition) is 7. The van der Waals surface area contributed by atoms with Gasteiger partial charge in [-0.15, -0.1) is 0 Å². The van der Waals surface area contributed by atoms with E-state index in [1.54, 1.807) is 13.8 Å². The van der Waals surface area contributed by atoms with E-state index in [2.05, 4.69) is 25.0 Å². The van der Waals surface area contributed by atoms with Crippen LogP contribution in [0.1, 0.15) is 46.0 Å². The van der Waals surface area contributed by atoms with Crippen LogP contribution in [0, 0.1) is 0 Å². The van der Waals surface area contributed by atoms with Gasteiger partial charge in [-0.05, 0) is 39.5 Å². The lowest BCUT2D eigenvalue weighted by Gasteiger charge is -2.29. The zero-order valence-corrected chi connectivity index (χ0v) is 19.1. The van der Waals surface area contributed by atoms with Crippen LogP contribution in [0.25, 0.3) is 0 Å². The Kier molecular flexibility index (Phi) is 7.78. The molecule has 11 nitrogen and oxygen atoms in total. The largest absolute Gasteiger partial charge is 0.444 e. The van der Waals surface area contributed by atoms with Gasteiger partial charge in [0, 0.05) is 31.1 Å². The highest BCUT2D eigenvalue weighted by Gasteiger charge is 2.30. The SMILES string of the molecule is CC(C)NS(=O)(=O)N[C@H]1CC[C@H](NC(=O)O[C@@H]2CCN(c3cn[nH]c(=O)c3Cl)C2)CC1. The fourth-order valence-corrected chi connectivity index (χ4v) is 5.48. The molecule has 0 radical (unpaired) electrons. The number of carbonyl (C=O) groups is 1. The van der Waals surface area contributed by atoms with E-state index in [9.17, 15) is 18.0 Å². The summed E-state index contributed by atoms with van der Waals surface area (Å²) in [7, 11) is -3.52. The standard InChI is InChI=1S/C18H29ClN6O5S/c1-11(2)23-31(28,29)24-13-5-3-12(4-6-13)21-18(27)30-14-7-8-25(10-14)15-9-20-22-17(26)16(15)19/h9,11-14,23-24H,3-8,10H2,1-2H3,(H,21,27)(H,22,26)/t12-,13-,14-/m1/s1. The summed E-state index contributed by atoms with van der Waals surface area (Å²) in [5.41, 5.74) is 0.0591. The molecule has 13 heteroatoms. The molecule has 31 heavy (non-hydrogen) atoms. The maximum absolute atomic E-state index is 12.3. The molecule has 2 heterocycles. The number of amides is 1. The first kappa shape index (κ1) is 23.8. The molecule has 174 valence electrons. The third-order valence-electron chi connectivity index (χ3n) is 5.30. The minimum Gasteiger partial charge on any atom is -0.444 e. The summed E-state index contributed by atoms with van der Waals surface area (Å²) in [4.78, 5) is 25.8. The molecule has 1 atom stereocenters. The van der Waals surface area contributed by atoms with Gasteiger partial charge in [0.25, 0.3) is 15.8 Å². The number of aromatic nitrogens is 2. The van der Waals surface area contributed by atoms with E-state index in [-0.39, 0.29) is 29.3 Å². The molecule has 4 N–H and O–H groups in total. The molecule has 3 rings (SSSR count). The highest BCUT2D eigenvalue weighted by molar-refractivity contribution is 7.87. The number of hydrogen-bond donors (Lipinski definition) is 4. The van der Waals surface area contributed by atoms with Crippen LogP contribution in [0.15, 0.2) is 11.0 Å². The van der Waals surface area contributed by atoms with Crippen molar-refractivity contribution in [1.82, 2.24) is 25.0 Å². The Morgan fingerprint density at radius 3 is 2.61 bits per heavy atom. The van der Waals surface area contributed by atoms with Crippen LogP contribution in [0.2, 0.25) is 5.02 Å². The Bertz CT molecular complexity index is 932. The van der Waals surface area contributed by atoms with Gasteiger partial charge in [0.15, 0.2) is 0 Å². The number of H-pyrrole nitrogens is 1. The lowest BCUT2D eigenvalue weighted by Crippen LogP contribution is -2.48. The molecule has 0 unspecified atom stereocenters. The summed E-state index contributed by atoms with van der Waals surface area (Å²) >= 11 is 6.04. The third kappa shape index (κ3) is 6.79. The number of aromatic amines is 1. The maximum atomic E-state index is 12.3. The van der Waals surface area contributed by atoms with E-state index in [1.807, 2.05) is 4.90 Å². The fraction of sp³-hybridized carbons (Fsp3) is 0.722. The van der Waals surface area contributed by atoms with Gasteiger partial charge in [-0.1, -0.05) is 11.6 Å². The summed E-state index contributed by atoms with van der Waals surface area (Å²) in [6.45, 7) is 4.55. The molecule has 1 amide bonds. The molecule has 1 aliphatic carbocycles. The fourth-order valence-electron chi connectivity index (χ4n) is 3.91. The predicted molar refractivity (Wildman–Crippen MR) is 116 cm³/mol. The molecular weight excluding hydrogens is 448 g/mol. The third-order valence-corrected chi connectivity index (χ3v) is 7.09. The zero-order chi connectivity index (χ0) is 22.6. The van der Waals surface area contributed by atoms with Crippen molar-refractivity contribution in [1.29, 1.82) is 0 Å². The van der Waals surface area contributed by atoms with Crippen molar-refractivity contribution in [3.63, 3.8) is 0 Å². The van der Waals surface area contributed by atoms with E-state index >= 15 is 0 Å². The van der Waals surface area contributed by atoms with E-state index in [0.29, 0.717) is 50.9 Å². The Morgan fingerprint density at radius 2 is 1.94 bits per heavy atom. The summed E-state index contributed by atoms with van der Waals surface area (Å²) in [5, 5.41) is 8.98. The van der Waals surface area contributed by atoms with E-state index in [4.69, 9.17) is 16.3 Å². The monoisotopic (exact) mass is 476 g/mol. The minimum absolute atomic E-state index is 0.0601. The first-order chi connectivity index (χ1) is 14.6. The van der Waals surface area contributed by atoms with Crippen molar-refractivity contribution in [3.8, 4) is 0 Å². The number of nitrogens with zero attached hydrogens (tertiary/aromatic N) is 2. The van der Waals surface area contributed by atoms with Gasteiger partial charge in [-0.25, -0.2) is 9.89 Å². The Hall–Kier alpha value is -1.89. The highest BCUT2D eigenvalue weighted by atomic mass is 35.5. The number of carbonyl (C=O) groups excluding carboxylic acids is 1. The van der Waals surface area contributed by atoms with Crippen LogP contribution < -0.4 is 25.2 Å². The van der Waals surface area contributed by atoms with Gasteiger partial charge in [0.05, 0.1) is 18.4 Å². The smallest absolute Gasteiger partial charge is 0.407 e. The van der Waals surface area contributed by atoms with E-state index < -0.39 is 21.9 Å². The normalized spacial score (nSPS) is 24.4. The average Bonchev–Trinajstić information content (AvgIpc) is 3.12. The second kappa shape index (κ2) is 10.2. The van der Waals surface area contributed by atoms with Crippen molar-refractivity contribution in [3.05, 3.63) is 21.6 Å². The van der Waals surface area contributed by atoms with Crippen LogP contribution >= 0.6 is 11.6 Å². The van der Waals surface area contributed by atoms with E-state index in [0.717, 1.165) is 0 Å². The molecule has 2 fully saturated rings. The molecule has 1 aromatic rings. The quantitative estimate of drug-likeness (QED) is 0.456. The van der Waals surface area contributed by atoms with Crippen LogP contribution in [0.3, 0.4) is 0 Å². The molecule has 1 aliphatic heterocycles. The van der Waals surface area contributed by atoms with E-state index in [1.165, 1.54) is 6.20 Å². The zero-order valence-electron chi connectivity index (χ0n) is 17.6. The Labute approximate surface area is 186 Å². The Balaban J connectivity index is 1.41. The molecular formula is C18H29ClN6O5S. The summed E-state index contributed by atoms with van der Waals surface area (Å²) in [5.74, 6) is 0. The molecule has 1 saturated carbocycles. The molecule has 0 spiro atoms. The van der Waals surface area contributed by atoms with Crippen LogP contribution in [0.5, 0.6) is 0 Å². The van der Waals surface area contributed by atoms with Gasteiger partial charge in [-0.2, -0.15) is 23.0 Å². The topological polar surface area (TPSA) is 146 Å². The molecule has 0 aromatic carbocycles. The second-order valence-electron chi connectivity index (χ2n) is 8.25. The average molecular weight is 477 g/mol. The highest BCUT2D eigenvalue weighted by Crippen LogP contribution is 2.26. The summed E-state index contributed by atoms with van der Waals surface area (Å²) < 4.78 is 34.7. The maximum Gasteiger partial charge on any atom is 0.407 e. The lowest BCUT2D eigenvalue weighted by molar-refractivity contribution is 0.102. The van der Waals surface area contributed by atoms with Gasteiger partial charge < -0.3 is 15.0 Å². The predicted octanol–water partition coefficient (Wildman–Crippen LogP) is 0.872. The molecule has 2 aliphatic rings. The number of halogens is 1. The van der Waals surface area contributed by atoms with Gasteiger partial charge in [0.2, 0.25) is 0 Å². The van der Waals surface area contributed by atoms with Crippen LogP contribution in [0.4, 0.5) is 10.5 Å². The van der Waals surface area contributed by atoms with Crippen molar-refractivity contribution in [2.24, 2.45) is 0 Å². The number of anilines is 1. The molecule has 0 bridgehead atoms. The lowest BCUT2D eigenvalue weighted by atomic mass is 9.92. The molecule has 1 saturated heterocycles. The Morgan fingerprint density at radius 1 is 1.26 bits per heavy atom.